The molecule has 0 unspecified atom stereocenters. The summed E-state index contributed by atoms with van der Waals surface area (Å²) in [6.07, 6.45) is 1.56. The van der Waals surface area contributed by atoms with Crippen molar-refractivity contribution in [1.82, 2.24) is 9.97 Å². The summed E-state index contributed by atoms with van der Waals surface area (Å²) in [6, 6.07) is 16.8. The lowest BCUT2D eigenvalue weighted by molar-refractivity contribution is 0.102. The number of amides is 1. The number of aromatic nitrogens is 2. The minimum atomic E-state index is -0.334. The van der Waals surface area contributed by atoms with Gasteiger partial charge in [0.1, 0.15) is 11.4 Å². The number of nitrogens with zero attached hydrogens (tertiary/aromatic N) is 2. The van der Waals surface area contributed by atoms with E-state index < -0.39 is 0 Å². The molecular formula is C22H24N4O2. The Kier molecular flexibility index (Phi) is 5.59. The van der Waals surface area contributed by atoms with Crippen LogP contribution >= 0.6 is 0 Å². The lowest BCUT2D eigenvalue weighted by Crippen LogP contribution is -2.16. The zero-order chi connectivity index (χ0) is 20.1. The van der Waals surface area contributed by atoms with Gasteiger partial charge in [0.15, 0.2) is 0 Å². The molecular weight excluding hydrogens is 352 g/mol. The maximum atomic E-state index is 12.6. The quantitative estimate of drug-likeness (QED) is 0.670. The van der Waals surface area contributed by atoms with Gasteiger partial charge in [0, 0.05) is 11.9 Å². The van der Waals surface area contributed by atoms with E-state index in [4.69, 9.17) is 4.74 Å². The van der Waals surface area contributed by atoms with Crippen LogP contribution in [-0.2, 0) is 5.41 Å². The average molecular weight is 376 g/mol. The summed E-state index contributed by atoms with van der Waals surface area (Å²) in [5.74, 6) is 0.616. The second-order valence-corrected chi connectivity index (χ2v) is 7.34. The molecule has 6 nitrogen and oxygen atoms in total. The van der Waals surface area contributed by atoms with E-state index in [1.807, 2.05) is 30.3 Å². The molecule has 0 atom stereocenters. The van der Waals surface area contributed by atoms with Gasteiger partial charge in [0.25, 0.3) is 5.91 Å². The Labute approximate surface area is 165 Å². The van der Waals surface area contributed by atoms with E-state index in [0.29, 0.717) is 17.4 Å². The topological polar surface area (TPSA) is 76.1 Å². The first kappa shape index (κ1) is 19.4. The Morgan fingerprint density at radius 1 is 0.964 bits per heavy atom. The zero-order valence-electron chi connectivity index (χ0n) is 16.5. The molecule has 1 heterocycles. The minimum absolute atomic E-state index is 0.0392. The standard InChI is InChI=1S/C22H24N4O2/c1-22(2,3)15-9-5-6-10-16(15)25-21-23-14-13-18(26-21)20(27)24-17-11-7-8-12-19(17)28-4/h5-14H,1-4H3,(H,24,27)(H,23,25,26). The van der Waals surface area contributed by atoms with Crippen molar-refractivity contribution in [3.8, 4) is 5.75 Å². The van der Waals surface area contributed by atoms with Crippen molar-refractivity contribution in [2.75, 3.05) is 17.7 Å². The predicted octanol–water partition coefficient (Wildman–Crippen LogP) is 4.78. The molecule has 1 aromatic heterocycles. The molecule has 3 rings (SSSR count). The number of para-hydroxylation sites is 3. The van der Waals surface area contributed by atoms with Crippen molar-refractivity contribution >= 4 is 23.2 Å². The Morgan fingerprint density at radius 2 is 1.64 bits per heavy atom. The normalized spacial score (nSPS) is 11.0. The summed E-state index contributed by atoms with van der Waals surface area (Å²) < 4.78 is 5.27. The molecule has 1 amide bonds. The smallest absolute Gasteiger partial charge is 0.274 e. The maximum absolute atomic E-state index is 12.6. The lowest BCUT2D eigenvalue weighted by atomic mass is 9.86. The first-order chi connectivity index (χ1) is 13.4. The number of hydrogen-bond donors (Lipinski definition) is 2. The lowest BCUT2D eigenvalue weighted by Gasteiger charge is -2.23. The van der Waals surface area contributed by atoms with Crippen LogP contribution in [0.5, 0.6) is 5.75 Å². The molecule has 2 N–H and O–H groups in total. The van der Waals surface area contributed by atoms with E-state index in [1.54, 1.807) is 31.5 Å². The third kappa shape index (κ3) is 4.46. The van der Waals surface area contributed by atoms with Gasteiger partial charge in [0.05, 0.1) is 12.8 Å². The highest BCUT2D eigenvalue weighted by atomic mass is 16.5. The minimum Gasteiger partial charge on any atom is -0.495 e. The highest BCUT2D eigenvalue weighted by Gasteiger charge is 2.18. The number of methoxy groups -OCH3 is 1. The monoisotopic (exact) mass is 376 g/mol. The number of ether oxygens (including phenoxy) is 1. The molecule has 0 bridgehead atoms. The molecule has 0 aliphatic rings. The van der Waals surface area contributed by atoms with E-state index in [-0.39, 0.29) is 17.0 Å². The van der Waals surface area contributed by atoms with E-state index in [0.717, 1.165) is 11.3 Å². The van der Waals surface area contributed by atoms with Crippen molar-refractivity contribution < 1.29 is 9.53 Å². The zero-order valence-corrected chi connectivity index (χ0v) is 16.5. The molecule has 3 aromatic rings. The second-order valence-electron chi connectivity index (χ2n) is 7.34. The molecule has 0 saturated carbocycles. The first-order valence-electron chi connectivity index (χ1n) is 9.02. The van der Waals surface area contributed by atoms with Crippen molar-refractivity contribution in [3.05, 3.63) is 72.1 Å². The average Bonchev–Trinajstić information content (AvgIpc) is 2.68. The van der Waals surface area contributed by atoms with Crippen LogP contribution in [0.4, 0.5) is 17.3 Å². The van der Waals surface area contributed by atoms with Crippen LogP contribution < -0.4 is 15.4 Å². The van der Waals surface area contributed by atoms with Gasteiger partial charge in [-0.3, -0.25) is 4.79 Å². The first-order valence-corrected chi connectivity index (χ1v) is 9.02. The van der Waals surface area contributed by atoms with E-state index in [2.05, 4.69) is 47.4 Å². The van der Waals surface area contributed by atoms with Gasteiger partial charge < -0.3 is 15.4 Å². The highest BCUT2D eigenvalue weighted by Crippen LogP contribution is 2.30. The van der Waals surface area contributed by atoms with Gasteiger partial charge in [-0.25, -0.2) is 9.97 Å². The van der Waals surface area contributed by atoms with Gasteiger partial charge in [-0.1, -0.05) is 51.1 Å². The van der Waals surface area contributed by atoms with Crippen molar-refractivity contribution in [1.29, 1.82) is 0 Å². The molecule has 144 valence electrons. The summed E-state index contributed by atoms with van der Waals surface area (Å²) in [5, 5.41) is 6.06. The number of rotatable bonds is 5. The van der Waals surface area contributed by atoms with Crippen LogP contribution in [0.2, 0.25) is 0 Å². The summed E-state index contributed by atoms with van der Waals surface area (Å²) in [6.45, 7) is 6.43. The number of hydrogen-bond acceptors (Lipinski definition) is 5. The molecule has 0 aliphatic heterocycles. The van der Waals surface area contributed by atoms with Gasteiger partial charge in [-0.2, -0.15) is 0 Å². The van der Waals surface area contributed by atoms with Crippen LogP contribution in [0.3, 0.4) is 0 Å². The van der Waals surface area contributed by atoms with Crippen molar-refractivity contribution in [2.24, 2.45) is 0 Å². The number of nitrogens with one attached hydrogen (secondary N) is 2. The van der Waals surface area contributed by atoms with E-state index >= 15 is 0 Å². The Bertz CT molecular complexity index is 980. The molecule has 0 saturated heterocycles. The Morgan fingerprint density at radius 3 is 2.36 bits per heavy atom. The van der Waals surface area contributed by atoms with Gasteiger partial charge in [0.2, 0.25) is 5.95 Å². The van der Waals surface area contributed by atoms with Crippen LogP contribution in [0, 0.1) is 0 Å². The number of anilines is 3. The highest BCUT2D eigenvalue weighted by molar-refractivity contribution is 6.03. The number of benzene rings is 2. The molecule has 6 heteroatoms. The maximum Gasteiger partial charge on any atom is 0.274 e. The van der Waals surface area contributed by atoms with Crippen LogP contribution in [0.1, 0.15) is 36.8 Å². The summed E-state index contributed by atoms with van der Waals surface area (Å²) in [5.41, 5.74) is 2.86. The van der Waals surface area contributed by atoms with Crippen LogP contribution in [-0.4, -0.2) is 23.0 Å². The second kappa shape index (κ2) is 8.08. The summed E-state index contributed by atoms with van der Waals surface area (Å²) >= 11 is 0. The predicted molar refractivity (Wildman–Crippen MR) is 111 cm³/mol. The third-order valence-corrected chi connectivity index (χ3v) is 4.22. The molecule has 28 heavy (non-hydrogen) atoms. The van der Waals surface area contributed by atoms with Gasteiger partial charge in [-0.05, 0) is 35.2 Å². The molecule has 0 radical (unpaired) electrons. The van der Waals surface area contributed by atoms with Gasteiger partial charge in [-0.15, -0.1) is 0 Å². The Hall–Kier alpha value is -3.41. The summed E-state index contributed by atoms with van der Waals surface area (Å²) in [7, 11) is 1.56. The van der Waals surface area contributed by atoms with E-state index in [9.17, 15) is 4.79 Å². The fourth-order valence-electron chi connectivity index (χ4n) is 2.85. The molecule has 0 fully saturated rings. The number of carbonyl (C=O) groups excluding carboxylic acids is 1. The molecule has 0 spiro atoms. The van der Waals surface area contributed by atoms with Gasteiger partial charge >= 0.3 is 0 Å². The van der Waals surface area contributed by atoms with Crippen molar-refractivity contribution in [2.45, 2.75) is 26.2 Å². The van der Waals surface area contributed by atoms with Crippen molar-refractivity contribution in [3.63, 3.8) is 0 Å². The van der Waals surface area contributed by atoms with E-state index in [1.165, 1.54) is 0 Å². The Balaban J connectivity index is 1.83. The fraction of sp³-hybridized carbons (Fsp3) is 0.227. The number of carbonyl (C=O) groups is 1. The largest absolute Gasteiger partial charge is 0.495 e. The fourth-order valence-corrected chi connectivity index (χ4v) is 2.85. The van der Waals surface area contributed by atoms with Crippen LogP contribution in [0.25, 0.3) is 0 Å². The third-order valence-electron chi connectivity index (χ3n) is 4.22. The summed E-state index contributed by atoms with van der Waals surface area (Å²) in [4.78, 5) is 21.3. The molecule has 0 aliphatic carbocycles. The SMILES string of the molecule is COc1ccccc1NC(=O)c1ccnc(Nc2ccccc2C(C)(C)C)n1. The van der Waals surface area contributed by atoms with Crippen LogP contribution in [0.15, 0.2) is 60.8 Å². The molecule has 2 aromatic carbocycles.